The van der Waals surface area contributed by atoms with Gasteiger partial charge in [0.05, 0.1) is 17.9 Å². The molecule has 0 aliphatic heterocycles. The Hall–Kier alpha value is -2.80. The number of amides is 1. The topological polar surface area (TPSA) is 69.0 Å². The number of hydrogen-bond acceptors (Lipinski definition) is 5. The van der Waals surface area contributed by atoms with Crippen LogP contribution in [-0.2, 0) is 11.3 Å². The molecular formula is C21H24N4O2S. The van der Waals surface area contributed by atoms with E-state index in [2.05, 4.69) is 15.5 Å². The lowest BCUT2D eigenvalue weighted by molar-refractivity contribution is -0.115. The molecule has 1 amide bonds. The smallest absolute Gasteiger partial charge is 0.237 e. The summed E-state index contributed by atoms with van der Waals surface area (Å²) in [5, 5.41) is 12.0. The summed E-state index contributed by atoms with van der Waals surface area (Å²) in [6.45, 7) is 6.60. The molecule has 0 unspecified atom stereocenters. The SMILES string of the molecule is CCn1c(S[C@H](C)C(=O)Nc2ccc(C)cc2)nnc1-c1ccccc1OC. The number of hydrogen-bond donors (Lipinski definition) is 1. The van der Waals surface area contributed by atoms with Gasteiger partial charge in [-0.25, -0.2) is 0 Å². The Morgan fingerprint density at radius 3 is 2.57 bits per heavy atom. The number of nitrogens with one attached hydrogen (secondary N) is 1. The monoisotopic (exact) mass is 396 g/mol. The van der Waals surface area contributed by atoms with Gasteiger partial charge in [-0.15, -0.1) is 10.2 Å². The van der Waals surface area contributed by atoms with E-state index in [0.717, 1.165) is 28.4 Å². The third-order valence-electron chi connectivity index (χ3n) is 4.35. The number of carbonyl (C=O) groups excluding carboxylic acids is 1. The third kappa shape index (κ3) is 4.36. The lowest BCUT2D eigenvalue weighted by atomic mass is 10.2. The van der Waals surface area contributed by atoms with Crippen LogP contribution in [0.25, 0.3) is 11.4 Å². The highest BCUT2D eigenvalue weighted by Crippen LogP contribution is 2.32. The first-order chi connectivity index (χ1) is 13.5. The van der Waals surface area contributed by atoms with Crippen molar-refractivity contribution >= 4 is 23.4 Å². The molecule has 3 aromatic rings. The first kappa shape index (κ1) is 19.9. The summed E-state index contributed by atoms with van der Waals surface area (Å²) in [7, 11) is 1.64. The van der Waals surface area contributed by atoms with Crippen LogP contribution >= 0.6 is 11.8 Å². The molecule has 0 bridgehead atoms. The average Bonchev–Trinajstić information content (AvgIpc) is 3.11. The van der Waals surface area contributed by atoms with Crippen molar-refractivity contribution in [3.63, 3.8) is 0 Å². The molecule has 6 nitrogen and oxygen atoms in total. The van der Waals surface area contributed by atoms with Crippen LogP contribution in [0, 0.1) is 6.92 Å². The number of aromatic nitrogens is 3. The van der Waals surface area contributed by atoms with E-state index in [1.165, 1.54) is 11.8 Å². The molecule has 0 aliphatic carbocycles. The van der Waals surface area contributed by atoms with Gasteiger partial charge in [0.2, 0.25) is 5.91 Å². The predicted molar refractivity (Wildman–Crippen MR) is 113 cm³/mol. The van der Waals surface area contributed by atoms with Gasteiger partial charge in [0.25, 0.3) is 0 Å². The second-order valence-electron chi connectivity index (χ2n) is 6.37. The van der Waals surface area contributed by atoms with Gasteiger partial charge in [-0.3, -0.25) is 4.79 Å². The number of thioether (sulfide) groups is 1. The van der Waals surface area contributed by atoms with Gasteiger partial charge >= 0.3 is 0 Å². The summed E-state index contributed by atoms with van der Waals surface area (Å²) in [4.78, 5) is 12.6. The van der Waals surface area contributed by atoms with E-state index in [0.29, 0.717) is 11.7 Å². The Balaban J connectivity index is 1.78. The third-order valence-corrected chi connectivity index (χ3v) is 5.43. The molecule has 0 radical (unpaired) electrons. The molecule has 0 aliphatic rings. The van der Waals surface area contributed by atoms with Crippen molar-refractivity contribution in [1.82, 2.24) is 14.8 Å². The van der Waals surface area contributed by atoms with E-state index in [-0.39, 0.29) is 11.2 Å². The van der Waals surface area contributed by atoms with Crippen molar-refractivity contribution in [1.29, 1.82) is 0 Å². The maximum atomic E-state index is 12.6. The quantitative estimate of drug-likeness (QED) is 0.600. The van der Waals surface area contributed by atoms with Crippen LogP contribution in [0.1, 0.15) is 19.4 Å². The lowest BCUT2D eigenvalue weighted by Crippen LogP contribution is -2.22. The van der Waals surface area contributed by atoms with Gasteiger partial charge < -0.3 is 14.6 Å². The largest absolute Gasteiger partial charge is 0.496 e. The predicted octanol–water partition coefficient (Wildman–Crippen LogP) is 4.40. The summed E-state index contributed by atoms with van der Waals surface area (Å²) >= 11 is 1.39. The van der Waals surface area contributed by atoms with Gasteiger partial charge in [0.15, 0.2) is 11.0 Å². The number of nitrogens with zero attached hydrogens (tertiary/aromatic N) is 3. The molecule has 7 heteroatoms. The van der Waals surface area contributed by atoms with Crippen LogP contribution in [0.5, 0.6) is 5.75 Å². The fraction of sp³-hybridized carbons (Fsp3) is 0.286. The Kier molecular flexibility index (Phi) is 6.36. The summed E-state index contributed by atoms with van der Waals surface area (Å²) < 4.78 is 7.45. The minimum Gasteiger partial charge on any atom is -0.496 e. The van der Waals surface area contributed by atoms with Crippen LogP contribution in [0.3, 0.4) is 0 Å². The second kappa shape index (κ2) is 8.93. The fourth-order valence-corrected chi connectivity index (χ4v) is 3.69. The van der Waals surface area contributed by atoms with Crippen molar-refractivity contribution < 1.29 is 9.53 Å². The number of benzene rings is 2. The van der Waals surface area contributed by atoms with Crippen LogP contribution in [-0.4, -0.2) is 33.0 Å². The van der Waals surface area contributed by atoms with Crippen molar-refractivity contribution in [2.75, 3.05) is 12.4 Å². The maximum Gasteiger partial charge on any atom is 0.237 e. The van der Waals surface area contributed by atoms with E-state index in [1.807, 2.05) is 73.9 Å². The van der Waals surface area contributed by atoms with Crippen molar-refractivity contribution in [2.45, 2.75) is 37.7 Å². The van der Waals surface area contributed by atoms with Crippen LogP contribution in [0.2, 0.25) is 0 Å². The maximum absolute atomic E-state index is 12.6. The molecule has 1 heterocycles. The molecule has 1 aromatic heterocycles. The highest BCUT2D eigenvalue weighted by atomic mass is 32.2. The average molecular weight is 397 g/mol. The van der Waals surface area contributed by atoms with E-state index in [4.69, 9.17) is 4.74 Å². The van der Waals surface area contributed by atoms with Gasteiger partial charge in [-0.1, -0.05) is 41.6 Å². The molecule has 2 aromatic carbocycles. The highest BCUT2D eigenvalue weighted by Gasteiger charge is 2.21. The molecule has 0 spiro atoms. The van der Waals surface area contributed by atoms with Crippen LogP contribution < -0.4 is 10.1 Å². The molecule has 146 valence electrons. The Bertz CT molecular complexity index is 953. The summed E-state index contributed by atoms with van der Waals surface area (Å²) in [5.41, 5.74) is 2.82. The lowest BCUT2D eigenvalue weighted by Gasteiger charge is -2.13. The van der Waals surface area contributed by atoms with E-state index in [1.54, 1.807) is 7.11 Å². The highest BCUT2D eigenvalue weighted by molar-refractivity contribution is 8.00. The van der Waals surface area contributed by atoms with Gasteiger partial charge in [-0.2, -0.15) is 0 Å². The summed E-state index contributed by atoms with van der Waals surface area (Å²) in [6, 6.07) is 15.5. The Morgan fingerprint density at radius 1 is 1.18 bits per heavy atom. The Morgan fingerprint density at radius 2 is 1.89 bits per heavy atom. The number of para-hydroxylation sites is 1. The zero-order valence-corrected chi connectivity index (χ0v) is 17.3. The van der Waals surface area contributed by atoms with Crippen molar-refractivity contribution in [3.05, 3.63) is 54.1 Å². The van der Waals surface area contributed by atoms with Crippen molar-refractivity contribution in [2.24, 2.45) is 0 Å². The second-order valence-corrected chi connectivity index (χ2v) is 7.67. The molecular weight excluding hydrogens is 372 g/mol. The van der Waals surface area contributed by atoms with E-state index >= 15 is 0 Å². The number of ether oxygens (including phenoxy) is 1. The zero-order valence-electron chi connectivity index (χ0n) is 16.5. The van der Waals surface area contributed by atoms with E-state index in [9.17, 15) is 4.79 Å². The zero-order chi connectivity index (χ0) is 20.1. The van der Waals surface area contributed by atoms with Crippen molar-refractivity contribution in [3.8, 4) is 17.1 Å². The summed E-state index contributed by atoms with van der Waals surface area (Å²) in [5.74, 6) is 1.40. The normalized spacial score (nSPS) is 11.9. The minimum atomic E-state index is -0.318. The number of methoxy groups -OCH3 is 1. The van der Waals surface area contributed by atoms with Gasteiger partial charge in [0.1, 0.15) is 5.75 Å². The van der Waals surface area contributed by atoms with E-state index < -0.39 is 0 Å². The molecule has 1 atom stereocenters. The van der Waals surface area contributed by atoms with Crippen LogP contribution in [0.4, 0.5) is 5.69 Å². The molecule has 28 heavy (non-hydrogen) atoms. The molecule has 0 saturated heterocycles. The number of rotatable bonds is 7. The first-order valence-corrected chi connectivity index (χ1v) is 10.0. The van der Waals surface area contributed by atoms with Gasteiger partial charge in [0, 0.05) is 12.2 Å². The molecule has 3 rings (SSSR count). The first-order valence-electron chi connectivity index (χ1n) is 9.14. The molecule has 1 N–H and O–H groups in total. The number of anilines is 1. The standard InChI is InChI=1S/C21H24N4O2S/c1-5-25-19(17-8-6-7-9-18(17)27-4)23-24-21(25)28-15(3)20(26)22-16-12-10-14(2)11-13-16/h6-13,15H,5H2,1-4H3,(H,22,26)/t15-/m1/s1. The molecule has 0 fully saturated rings. The summed E-state index contributed by atoms with van der Waals surface area (Å²) in [6.07, 6.45) is 0. The molecule has 0 saturated carbocycles. The number of aryl methyl sites for hydroxylation is 1. The minimum absolute atomic E-state index is 0.0710. The Labute approximate surface area is 169 Å². The fourth-order valence-electron chi connectivity index (χ4n) is 2.78. The van der Waals surface area contributed by atoms with Gasteiger partial charge in [-0.05, 0) is 45.0 Å². The van der Waals surface area contributed by atoms with Crippen LogP contribution in [0.15, 0.2) is 53.7 Å². The number of carbonyl (C=O) groups is 1.